The second-order valence-corrected chi connectivity index (χ2v) is 7.27. The molecule has 2 aromatic rings. The predicted molar refractivity (Wildman–Crippen MR) is 81.9 cm³/mol. The lowest BCUT2D eigenvalue weighted by Crippen LogP contribution is -1.98. The fraction of sp³-hybridized carbons (Fsp3) is 0.471. The normalized spacial score (nSPS) is 36.0. The molecule has 3 fully saturated rings. The summed E-state index contributed by atoms with van der Waals surface area (Å²) in [4.78, 5) is 0. The van der Waals surface area contributed by atoms with Crippen LogP contribution in [-0.2, 0) is 0 Å². The Bertz CT molecular complexity index is 709. The van der Waals surface area contributed by atoms with Crippen LogP contribution in [0.4, 0.5) is 5.82 Å². The van der Waals surface area contributed by atoms with Crippen LogP contribution in [0, 0.1) is 23.7 Å². The van der Waals surface area contributed by atoms with Crippen molar-refractivity contribution in [2.75, 3.05) is 5.73 Å². The highest BCUT2D eigenvalue weighted by Crippen LogP contribution is 2.73. The van der Waals surface area contributed by atoms with Gasteiger partial charge >= 0.3 is 0 Å². The van der Waals surface area contributed by atoms with E-state index in [0.717, 1.165) is 45.6 Å². The molecule has 4 atom stereocenters. The molecule has 2 bridgehead atoms. The Morgan fingerprint density at radius 3 is 2.67 bits per heavy atom. The standard InChI is InChI=1S/C17H17ClN2O/c18-11-3-1-2-8(7-11)14-16(21-20-17(14)19)15-12-9-4-5-10(6-9)13(12)15/h1-3,7,9-10,12-13,15H,4-6H2,(H2,19,20). The summed E-state index contributed by atoms with van der Waals surface area (Å²) in [6.07, 6.45) is 4.23. The molecule has 2 N–H and O–H groups in total. The van der Waals surface area contributed by atoms with Crippen LogP contribution in [0.2, 0.25) is 5.02 Å². The number of aromatic nitrogens is 1. The molecule has 21 heavy (non-hydrogen) atoms. The average Bonchev–Trinajstić information content (AvgIpc) is 2.80. The van der Waals surface area contributed by atoms with Crippen LogP contribution in [0.3, 0.4) is 0 Å². The van der Waals surface area contributed by atoms with Crippen molar-refractivity contribution in [2.24, 2.45) is 23.7 Å². The molecule has 3 aliphatic carbocycles. The number of nitrogens with two attached hydrogens (primary N) is 1. The first kappa shape index (κ1) is 12.1. The first-order valence-corrected chi connectivity index (χ1v) is 8.13. The second-order valence-electron chi connectivity index (χ2n) is 6.83. The maximum atomic E-state index is 6.12. The molecule has 5 rings (SSSR count). The molecule has 0 saturated heterocycles. The Morgan fingerprint density at radius 1 is 1.19 bits per heavy atom. The van der Waals surface area contributed by atoms with Crippen molar-refractivity contribution in [3.05, 3.63) is 35.0 Å². The van der Waals surface area contributed by atoms with Gasteiger partial charge in [-0.3, -0.25) is 0 Å². The van der Waals surface area contributed by atoms with Gasteiger partial charge in [0.1, 0.15) is 5.76 Å². The van der Waals surface area contributed by atoms with E-state index in [9.17, 15) is 0 Å². The number of benzene rings is 1. The minimum atomic E-state index is 0.490. The number of rotatable bonds is 2. The number of fused-ring (bicyclic) bond motifs is 5. The summed E-state index contributed by atoms with van der Waals surface area (Å²) in [5.41, 5.74) is 8.07. The zero-order chi connectivity index (χ0) is 14.1. The molecular weight excluding hydrogens is 284 g/mol. The van der Waals surface area contributed by atoms with E-state index >= 15 is 0 Å². The Hall–Kier alpha value is -1.48. The van der Waals surface area contributed by atoms with Gasteiger partial charge in [-0.25, -0.2) is 0 Å². The van der Waals surface area contributed by atoms with Crippen LogP contribution in [0.25, 0.3) is 11.1 Å². The van der Waals surface area contributed by atoms with Crippen molar-refractivity contribution in [2.45, 2.75) is 25.2 Å². The molecule has 108 valence electrons. The summed E-state index contributed by atoms with van der Waals surface area (Å²) in [6, 6.07) is 7.80. The Morgan fingerprint density at radius 2 is 1.95 bits per heavy atom. The highest BCUT2D eigenvalue weighted by molar-refractivity contribution is 6.30. The highest BCUT2D eigenvalue weighted by atomic mass is 35.5. The van der Waals surface area contributed by atoms with E-state index < -0.39 is 0 Å². The van der Waals surface area contributed by atoms with E-state index in [2.05, 4.69) is 5.16 Å². The third kappa shape index (κ3) is 1.58. The van der Waals surface area contributed by atoms with Gasteiger partial charge in [0.05, 0.1) is 5.56 Å². The van der Waals surface area contributed by atoms with Crippen LogP contribution >= 0.6 is 11.6 Å². The van der Waals surface area contributed by atoms with Gasteiger partial charge in [-0.1, -0.05) is 28.9 Å². The molecule has 0 aliphatic heterocycles. The van der Waals surface area contributed by atoms with Gasteiger partial charge in [0.25, 0.3) is 0 Å². The van der Waals surface area contributed by atoms with E-state index in [0.29, 0.717) is 11.7 Å². The van der Waals surface area contributed by atoms with Crippen LogP contribution < -0.4 is 5.73 Å². The van der Waals surface area contributed by atoms with E-state index in [1.54, 1.807) is 0 Å². The van der Waals surface area contributed by atoms with Crippen LogP contribution in [-0.4, -0.2) is 5.16 Å². The summed E-state index contributed by atoms with van der Waals surface area (Å²) in [7, 11) is 0. The lowest BCUT2D eigenvalue weighted by molar-refractivity contribution is 0.365. The SMILES string of the molecule is Nc1noc(C2C3C4CCC(C4)C23)c1-c1cccc(Cl)c1. The number of nitrogens with zero attached hydrogens (tertiary/aromatic N) is 1. The topological polar surface area (TPSA) is 52.0 Å². The summed E-state index contributed by atoms with van der Waals surface area (Å²) in [6.45, 7) is 0. The van der Waals surface area contributed by atoms with Crippen molar-refractivity contribution in [1.82, 2.24) is 5.16 Å². The van der Waals surface area contributed by atoms with Gasteiger partial charge < -0.3 is 10.3 Å². The van der Waals surface area contributed by atoms with E-state index in [1.165, 1.54) is 19.3 Å². The summed E-state index contributed by atoms with van der Waals surface area (Å²) in [5.74, 6) is 5.47. The third-order valence-corrected chi connectivity index (χ3v) is 6.13. The fourth-order valence-corrected chi connectivity index (χ4v) is 5.34. The van der Waals surface area contributed by atoms with Crippen molar-refractivity contribution in [3.8, 4) is 11.1 Å². The van der Waals surface area contributed by atoms with E-state index in [4.69, 9.17) is 21.9 Å². The van der Waals surface area contributed by atoms with Gasteiger partial charge in [0, 0.05) is 10.9 Å². The van der Waals surface area contributed by atoms with Crippen molar-refractivity contribution in [1.29, 1.82) is 0 Å². The number of hydrogen-bond acceptors (Lipinski definition) is 3. The van der Waals surface area contributed by atoms with Gasteiger partial charge in [-0.05, 0) is 60.6 Å². The molecule has 0 amide bonds. The van der Waals surface area contributed by atoms with Crippen molar-refractivity contribution >= 4 is 17.4 Å². The molecular formula is C17H17ClN2O. The Labute approximate surface area is 128 Å². The van der Waals surface area contributed by atoms with Crippen LogP contribution in [0.1, 0.15) is 30.9 Å². The maximum Gasteiger partial charge on any atom is 0.175 e. The zero-order valence-electron chi connectivity index (χ0n) is 11.6. The number of hydrogen-bond donors (Lipinski definition) is 1. The minimum Gasteiger partial charge on any atom is -0.380 e. The predicted octanol–water partition coefficient (Wildman–Crippen LogP) is 4.34. The molecule has 3 aliphatic rings. The molecule has 1 heterocycles. The zero-order valence-corrected chi connectivity index (χ0v) is 12.4. The molecule has 0 spiro atoms. The highest BCUT2D eigenvalue weighted by Gasteiger charge is 2.67. The molecule has 1 aromatic carbocycles. The summed E-state index contributed by atoms with van der Waals surface area (Å²) >= 11 is 6.12. The smallest absolute Gasteiger partial charge is 0.175 e. The van der Waals surface area contributed by atoms with Gasteiger partial charge in [0.2, 0.25) is 0 Å². The van der Waals surface area contributed by atoms with Crippen molar-refractivity contribution < 1.29 is 4.52 Å². The lowest BCUT2D eigenvalue weighted by atomic mass is 9.96. The molecule has 3 nitrogen and oxygen atoms in total. The molecule has 4 unspecified atom stereocenters. The number of anilines is 1. The quantitative estimate of drug-likeness (QED) is 0.897. The van der Waals surface area contributed by atoms with Crippen LogP contribution in [0.15, 0.2) is 28.8 Å². The Balaban J connectivity index is 1.58. The third-order valence-electron chi connectivity index (χ3n) is 5.90. The molecule has 1 aromatic heterocycles. The second kappa shape index (κ2) is 4.04. The minimum absolute atomic E-state index is 0.490. The molecule has 0 radical (unpaired) electrons. The van der Waals surface area contributed by atoms with Crippen LogP contribution in [0.5, 0.6) is 0 Å². The fourth-order valence-electron chi connectivity index (χ4n) is 5.15. The van der Waals surface area contributed by atoms with Gasteiger partial charge in [-0.2, -0.15) is 0 Å². The van der Waals surface area contributed by atoms with Gasteiger partial charge in [-0.15, -0.1) is 0 Å². The molecule has 4 heteroatoms. The maximum absolute atomic E-state index is 6.12. The first-order chi connectivity index (χ1) is 10.2. The first-order valence-electron chi connectivity index (χ1n) is 7.75. The summed E-state index contributed by atoms with van der Waals surface area (Å²) < 4.78 is 5.66. The average molecular weight is 301 g/mol. The van der Waals surface area contributed by atoms with E-state index in [1.807, 2.05) is 24.3 Å². The number of halogens is 1. The largest absolute Gasteiger partial charge is 0.380 e. The Kier molecular flexibility index (Phi) is 2.33. The summed E-state index contributed by atoms with van der Waals surface area (Å²) in [5, 5.41) is 4.76. The number of nitrogen functional groups attached to an aromatic ring is 1. The van der Waals surface area contributed by atoms with Crippen molar-refractivity contribution in [3.63, 3.8) is 0 Å². The lowest BCUT2D eigenvalue weighted by Gasteiger charge is -2.08. The molecule has 3 saturated carbocycles. The van der Waals surface area contributed by atoms with Gasteiger partial charge in [0.15, 0.2) is 5.82 Å². The monoisotopic (exact) mass is 300 g/mol. The van der Waals surface area contributed by atoms with E-state index in [-0.39, 0.29) is 0 Å².